The van der Waals surface area contributed by atoms with Crippen LogP contribution in [0.2, 0.25) is 0 Å². The Labute approximate surface area is 165 Å². The fourth-order valence-electron chi connectivity index (χ4n) is 2.92. The average Bonchev–Trinajstić information content (AvgIpc) is 2.72. The van der Waals surface area contributed by atoms with Crippen LogP contribution >= 0.6 is 0 Å². The number of methoxy groups -OCH3 is 1. The Bertz CT molecular complexity index is 1030. The maximum Gasteiger partial charge on any atom is 0.322 e. The minimum Gasteiger partial charge on any atom is -0.495 e. The van der Waals surface area contributed by atoms with E-state index < -0.39 is 38.4 Å². The van der Waals surface area contributed by atoms with E-state index in [1.54, 1.807) is 24.3 Å². The zero-order chi connectivity index (χ0) is 21.2. The molecule has 1 aliphatic rings. The minimum absolute atomic E-state index is 0.0332. The molecule has 29 heavy (non-hydrogen) atoms. The van der Waals surface area contributed by atoms with Crippen molar-refractivity contribution in [1.29, 1.82) is 0 Å². The molecular weight excluding hydrogens is 411 g/mol. The summed E-state index contributed by atoms with van der Waals surface area (Å²) >= 11 is 0. The Morgan fingerprint density at radius 3 is 2.31 bits per heavy atom. The largest absolute Gasteiger partial charge is 0.495 e. The molecule has 1 N–H and O–H groups in total. The number of urea groups is 1. The van der Waals surface area contributed by atoms with Crippen LogP contribution in [0.4, 0.5) is 23.7 Å². The van der Waals surface area contributed by atoms with Crippen molar-refractivity contribution >= 4 is 21.7 Å². The second-order valence-electron chi connectivity index (χ2n) is 6.20. The summed E-state index contributed by atoms with van der Waals surface area (Å²) in [5, 5.41) is 2.68. The summed E-state index contributed by atoms with van der Waals surface area (Å²) in [6.45, 7) is -0.183. The summed E-state index contributed by atoms with van der Waals surface area (Å²) in [6, 6.07) is 7.59. The fraction of sp³-hybridized carbons (Fsp3) is 0.278. The van der Waals surface area contributed by atoms with E-state index in [2.05, 4.69) is 5.32 Å². The number of carbonyl (C=O) groups excluding carboxylic acids is 1. The molecule has 2 amide bonds. The van der Waals surface area contributed by atoms with Gasteiger partial charge in [0.1, 0.15) is 10.6 Å². The number of hydrogen-bond donors (Lipinski definition) is 1. The van der Waals surface area contributed by atoms with Crippen LogP contribution in [-0.4, -0.2) is 56.9 Å². The summed E-state index contributed by atoms with van der Waals surface area (Å²) in [6.07, 6.45) is 0. The Balaban J connectivity index is 1.68. The van der Waals surface area contributed by atoms with Crippen molar-refractivity contribution in [2.24, 2.45) is 0 Å². The van der Waals surface area contributed by atoms with Gasteiger partial charge in [-0.3, -0.25) is 0 Å². The van der Waals surface area contributed by atoms with Crippen LogP contribution in [0.25, 0.3) is 0 Å². The van der Waals surface area contributed by atoms with Crippen LogP contribution < -0.4 is 10.1 Å². The molecule has 0 bridgehead atoms. The third-order valence-electron chi connectivity index (χ3n) is 4.49. The van der Waals surface area contributed by atoms with Gasteiger partial charge in [0.15, 0.2) is 17.5 Å². The van der Waals surface area contributed by atoms with Crippen LogP contribution in [0.5, 0.6) is 5.75 Å². The van der Waals surface area contributed by atoms with Gasteiger partial charge in [-0.25, -0.2) is 26.4 Å². The second kappa shape index (κ2) is 8.29. The van der Waals surface area contributed by atoms with Gasteiger partial charge in [-0.15, -0.1) is 0 Å². The quantitative estimate of drug-likeness (QED) is 0.758. The maximum atomic E-state index is 13.9. The van der Waals surface area contributed by atoms with Gasteiger partial charge in [-0.2, -0.15) is 4.31 Å². The van der Waals surface area contributed by atoms with Gasteiger partial charge in [-0.1, -0.05) is 12.1 Å². The van der Waals surface area contributed by atoms with E-state index >= 15 is 0 Å². The first-order valence-corrected chi connectivity index (χ1v) is 10.0. The molecular formula is C18H18F3N3O4S. The van der Waals surface area contributed by atoms with Crippen molar-refractivity contribution < 1.29 is 31.1 Å². The van der Waals surface area contributed by atoms with Crippen molar-refractivity contribution in [3.63, 3.8) is 0 Å². The molecule has 1 heterocycles. The third-order valence-corrected chi connectivity index (χ3v) is 6.41. The Morgan fingerprint density at radius 2 is 1.66 bits per heavy atom. The number of benzene rings is 2. The van der Waals surface area contributed by atoms with Gasteiger partial charge in [0, 0.05) is 26.2 Å². The molecule has 11 heteroatoms. The lowest BCUT2D eigenvalue weighted by atomic mass is 10.3. The van der Waals surface area contributed by atoms with Crippen LogP contribution in [0.3, 0.4) is 0 Å². The highest BCUT2D eigenvalue weighted by molar-refractivity contribution is 7.89. The first-order chi connectivity index (χ1) is 13.8. The van der Waals surface area contributed by atoms with Crippen molar-refractivity contribution in [2.75, 3.05) is 38.6 Å². The summed E-state index contributed by atoms with van der Waals surface area (Å²) < 4.78 is 71.7. The Hall–Kier alpha value is -2.79. The van der Waals surface area contributed by atoms with Gasteiger partial charge in [0.05, 0.1) is 12.8 Å². The highest BCUT2D eigenvalue weighted by Crippen LogP contribution is 2.25. The molecule has 1 aliphatic heterocycles. The van der Waals surface area contributed by atoms with E-state index in [-0.39, 0.29) is 26.2 Å². The van der Waals surface area contributed by atoms with Gasteiger partial charge >= 0.3 is 6.03 Å². The lowest BCUT2D eigenvalue weighted by molar-refractivity contribution is 0.184. The SMILES string of the molecule is COc1ccccc1NC(=O)N1CCN(S(=O)(=O)c2ccc(F)c(F)c2F)CC1. The molecule has 3 rings (SSSR count). The number of carbonyl (C=O) groups is 1. The van der Waals surface area contributed by atoms with E-state index in [0.717, 1.165) is 4.31 Å². The molecule has 1 fully saturated rings. The van der Waals surface area contributed by atoms with Gasteiger partial charge in [0.2, 0.25) is 10.0 Å². The minimum atomic E-state index is -4.38. The standard InChI is InChI=1S/C18H18F3N3O4S/c1-28-14-5-3-2-4-13(14)22-18(25)23-8-10-24(11-9-23)29(26,27)15-7-6-12(19)16(20)17(15)21/h2-7H,8-11H2,1H3,(H,22,25). The summed E-state index contributed by atoms with van der Waals surface area (Å²) in [5.41, 5.74) is 0.457. The van der Waals surface area contributed by atoms with E-state index in [9.17, 15) is 26.4 Å². The number of nitrogens with one attached hydrogen (secondary N) is 1. The summed E-state index contributed by atoms with van der Waals surface area (Å²) in [4.78, 5) is 12.9. The number of sulfonamides is 1. The summed E-state index contributed by atoms with van der Waals surface area (Å²) in [5.74, 6) is -4.61. The number of piperazine rings is 1. The monoisotopic (exact) mass is 429 g/mol. The number of halogens is 3. The molecule has 0 unspecified atom stereocenters. The van der Waals surface area contributed by atoms with Crippen LogP contribution in [0.1, 0.15) is 0 Å². The molecule has 0 aromatic heterocycles. The molecule has 156 valence electrons. The predicted octanol–water partition coefficient (Wildman–Crippen LogP) is 2.65. The zero-order valence-electron chi connectivity index (χ0n) is 15.4. The highest BCUT2D eigenvalue weighted by Gasteiger charge is 2.33. The number of para-hydroxylation sites is 2. The lowest BCUT2D eigenvalue weighted by Crippen LogP contribution is -2.51. The van der Waals surface area contributed by atoms with Crippen LogP contribution in [0.15, 0.2) is 41.3 Å². The van der Waals surface area contributed by atoms with Crippen molar-refractivity contribution in [3.8, 4) is 5.75 Å². The molecule has 2 aromatic carbocycles. The van der Waals surface area contributed by atoms with Crippen LogP contribution in [0, 0.1) is 17.5 Å². The highest BCUT2D eigenvalue weighted by atomic mass is 32.2. The van der Waals surface area contributed by atoms with E-state index in [1.165, 1.54) is 12.0 Å². The van der Waals surface area contributed by atoms with E-state index in [0.29, 0.717) is 23.6 Å². The number of nitrogens with zero attached hydrogens (tertiary/aromatic N) is 2. The Morgan fingerprint density at radius 1 is 1.00 bits per heavy atom. The van der Waals surface area contributed by atoms with Crippen molar-refractivity contribution in [2.45, 2.75) is 4.90 Å². The second-order valence-corrected chi connectivity index (χ2v) is 8.10. The Kier molecular flexibility index (Phi) is 5.99. The van der Waals surface area contributed by atoms with Crippen LogP contribution in [-0.2, 0) is 10.0 Å². The van der Waals surface area contributed by atoms with Crippen molar-refractivity contribution in [1.82, 2.24) is 9.21 Å². The molecule has 1 saturated heterocycles. The number of amides is 2. The topological polar surface area (TPSA) is 79.0 Å². The van der Waals surface area contributed by atoms with E-state index in [4.69, 9.17) is 4.74 Å². The lowest BCUT2D eigenvalue weighted by Gasteiger charge is -2.34. The van der Waals surface area contributed by atoms with E-state index in [1.807, 2.05) is 0 Å². The molecule has 0 atom stereocenters. The molecule has 0 saturated carbocycles. The summed E-state index contributed by atoms with van der Waals surface area (Å²) in [7, 11) is -2.91. The molecule has 0 aliphatic carbocycles. The number of rotatable bonds is 4. The van der Waals surface area contributed by atoms with Gasteiger partial charge < -0.3 is 15.0 Å². The average molecular weight is 429 g/mol. The third kappa shape index (κ3) is 4.15. The first kappa shape index (κ1) is 20.9. The molecule has 7 nitrogen and oxygen atoms in total. The van der Waals surface area contributed by atoms with Gasteiger partial charge in [-0.05, 0) is 24.3 Å². The smallest absolute Gasteiger partial charge is 0.322 e. The normalized spacial score (nSPS) is 15.2. The predicted molar refractivity (Wildman–Crippen MR) is 98.7 cm³/mol. The zero-order valence-corrected chi connectivity index (χ0v) is 16.2. The number of ether oxygens (including phenoxy) is 1. The van der Waals surface area contributed by atoms with Crippen molar-refractivity contribution in [3.05, 3.63) is 53.8 Å². The molecule has 0 radical (unpaired) electrons. The molecule has 2 aromatic rings. The first-order valence-electron chi connectivity index (χ1n) is 8.58. The number of hydrogen-bond acceptors (Lipinski definition) is 4. The maximum absolute atomic E-state index is 13.9. The molecule has 0 spiro atoms. The van der Waals surface area contributed by atoms with Gasteiger partial charge in [0.25, 0.3) is 0 Å². The fourth-order valence-corrected chi connectivity index (χ4v) is 4.40. The number of anilines is 1.